The summed E-state index contributed by atoms with van der Waals surface area (Å²) in [7, 11) is 0. The molecule has 2 N–H and O–H groups in total. The fourth-order valence-corrected chi connectivity index (χ4v) is 2.52. The summed E-state index contributed by atoms with van der Waals surface area (Å²) >= 11 is 2.72. The predicted molar refractivity (Wildman–Crippen MR) is 61.4 cm³/mol. The van der Waals surface area contributed by atoms with Gasteiger partial charge in [0.15, 0.2) is 5.13 Å². The Balaban J connectivity index is 2.23. The van der Waals surface area contributed by atoms with Crippen LogP contribution in [0.1, 0.15) is 15.4 Å². The maximum absolute atomic E-state index is 10.8. The van der Waals surface area contributed by atoms with Gasteiger partial charge in [0.2, 0.25) is 0 Å². The van der Waals surface area contributed by atoms with E-state index in [2.05, 4.69) is 10.3 Å². The lowest BCUT2D eigenvalue weighted by Gasteiger charge is -1.95. The number of thiophene rings is 1. The number of aromatic carboxylic acids is 1. The molecule has 0 radical (unpaired) electrons. The number of aryl methyl sites for hydroxylation is 1. The number of rotatable bonds is 3. The van der Waals surface area contributed by atoms with Crippen molar-refractivity contribution in [3.8, 4) is 0 Å². The minimum atomic E-state index is -0.927. The second-order valence-electron chi connectivity index (χ2n) is 2.88. The van der Waals surface area contributed by atoms with Crippen molar-refractivity contribution in [2.75, 3.05) is 5.32 Å². The SMILES string of the molecule is Cc1nc(Nc2ccsc2)sc1C(=O)O. The molecule has 0 aliphatic rings. The number of anilines is 2. The number of nitrogens with one attached hydrogen (secondary N) is 1. The van der Waals surface area contributed by atoms with Gasteiger partial charge in [0.05, 0.1) is 11.4 Å². The number of hydrogen-bond donors (Lipinski definition) is 2. The summed E-state index contributed by atoms with van der Waals surface area (Å²) in [5.41, 5.74) is 1.48. The highest BCUT2D eigenvalue weighted by Crippen LogP contribution is 2.26. The lowest BCUT2D eigenvalue weighted by atomic mass is 10.4. The number of hydrogen-bond acceptors (Lipinski definition) is 5. The maximum atomic E-state index is 10.8. The predicted octanol–water partition coefficient (Wildman–Crippen LogP) is 2.95. The fraction of sp³-hybridized carbons (Fsp3) is 0.111. The number of nitrogens with zero attached hydrogens (tertiary/aromatic N) is 1. The second-order valence-corrected chi connectivity index (χ2v) is 4.65. The normalized spacial score (nSPS) is 10.2. The van der Waals surface area contributed by atoms with Crippen molar-refractivity contribution in [2.45, 2.75) is 6.92 Å². The molecule has 0 fully saturated rings. The molecule has 0 bridgehead atoms. The Morgan fingerprint density at radius 1 is 1.60 bits per heavy atom. The molecule has 0 unspecified atom stereocenters. The molecule has 0 atom stereocenters. The van der Waals surface area contributed by atoms with E-state index in [1.54, 1.807) is 18.3 Å². The van der Waals surface area contributed by atoms with Gasteiger partial charge >= 0.3 is 5.97 Å². The largest absolute Gasteiger partial charge is 0.477 e. The third-order valence-corrected chi connectivity index (χ3v) is 3.51. The van der Waals surface area contributed by atoms with E-state index in [9.17, 15) is 4.79 Å². The van der Waals surface area contributed by atoms with E-state index in [0.717, 1.165) is 17.0 Å². The number of carboxylic acids is 1. The minimum Gasteiger partial charge on any atom is -0.477 e. The summed E-state index contributed by atoms with van der Waals surface area (Å²) in [6.45, 7) is 1.69. The first-order valence-corrected chi connectivity index (χ1v) is 5.92. The zero-order valence-electron chi connectivity index (χ0n) is 7.85. The van der Waals surface area contributed by atoms with E-state index in [4.69, 9.17) is 5.11 Å². The van der Waals surface area contributed by atoms with E-state index in [1.807, 2.05) is 16.8 Å². The van der Waals surface area contributed by atoms with Gasteiger partial charge in [0, 0.05) is 5.38 Å². The molecule has 4 nitrogen and oxygen atoms in total. The highest BCUT2D eigenvalue weighted by molar-refractivity contribution is 7.17. The van der Waals surface area contributed by atoms with Crippen LogP contribution in [0, 0.1) is 6.92 Å². The Kier molecular flexibility index (Phi) is 2.70. The van der Waals surface area contributed by atoms with E-state index in [-0.39, 0.29) is 4.88 Å². The topological polar surface area (TPSA) is 62.2 Å². The third kappa shape index (κ3) is 2.16. The molecular weight excluding hydrogens is 232 g/mol. The van der Waals surface area contributed by atoms with E-state index >= 15 is 0 Å². The van der Waals surface area contributed by atoms with Gasteiger partial charge in [-0.25, -0.2) is 9.78 Å². The van der Waals surface area contributed by atoms with Crippen molar-refractivity contribution in [1.82, 2.24) is 4.98 Å². The molecule has 2 rings (SSSR count). The van der Waals surface area contributed by atoms with E-state index in [0.29, 0.717) is 10.8 Å². The number of carboxylic acid groups (broad SMARTS) is 1. The molecule has 2 heterocycles. The highest BCUT2D eigenvalue weighted by Gasteiger charge is 2.13. The van der Waals surface area contributed by atoms with Crippen LogP contribution in [0.5, 0.6) is 0 Å². The highest BCUT2D eigenvalue weighted by atomic mass is 32.1. The molecule has 0 aromatic carbocycles. The fourth-order valence-electron chi connectivity index (χ4n) is 1.11. The van der Waals surface area contributed by atoms with Crippen LogP contribution < -0.4 is 5.32 Å². The van der Waals surface area contributed by atoms with Crippen molar-refractivity contribution < 1.29 is 9.90 Å². The average Bonchev–Trinajstić information content (AvgIpc) is 2.75. The van der Waals surface area contributed by atoms with Gasteiger partial charge in [0.25, 0.3) is 0 Å². The smallest absolute Gasteiger partial charge is 0.347 e. The molecule has 2 aromatic heterocycles. The minimum absolute atomic E-state index is 0.285. The molecule has 0 saturated carbocycles. The van der Waals surface area contributed by atoms with Gasteiger partial charge in [-0.2, -0.15) is 11.3 Å². The van der Waals surface area contributed by atoms with Crippen LogP contribution in [0.3, 0.4) is 0 Å². The van der Waals surface area contributed by atoms with Crippen LogP contribution in [0.2, 0.25) is 0 Å². The number of aromatic nitrogens is 1. The molecular formula is C9H8N2O2S2. The molecule has 0 amide bonds. The molecule has 2 aromatic rings. The summed E-state index contributed by atoms with van der Waals surface area (Å²) in [6.07, 6.45) is 0. The first kappa shape index (κ1) is 10.1. The summed E-state index contributed by atoms with van der Waals surface area (Å²) in [4.78, 5) is 15.2. The summed E-state index contributed by atoms with van der Waals surface area (Å²) in [5.74, 6) is -0.927. The van der Waals surface area contributed by atoms with Crippen molar-refractivity contribution >= 4 is 39.5 Å². The van der Waals surface area contributed by atoms with E-state index < -0.39 is 5.97 Å². The van der Waals surface area contributed by atoms with Crippen LogP contribution in [0.4, 0.5) is 10.8 Å². The lowest BCUT2D eigenvalue weighted by Crippen LogP contribution is -1.94. The van der Waals surface area contributed by atoms with Crippen LogP contribution in [0.25, 0.3) is 0 Å². The van der Waals surface area contributed by atoms with Crippen LogP contribution >= 0.6 is 22.7 Å². The van der Waals surface area contributed by atoms with Crippen molar-refractivity contribution in [2.24, 2.45) is 0 Å². The second kappa shape index (κ2) is 4.00. The maximum Gasteiger partial charge on any atom is 0.347 e. The number of carbonyl (C=O) groups is 1. The van der Waals surface area contributed by atoms with Gasteiger partial charge in [-0.15, -0.1) is 0 Å². The Hall–Kier alpha value is -1.40. The molecule has 0 saturated heterocycles. The Bertz CT molecular complexity index is 476. The van der Waals surface area contributed by atoms with Gasteiger partial charge in [0.1, 0.15) is 4.88 Å². The Labute approximate surface area is 94.2 Å². The van der Waals surface area contributed by atoms with Gasteiger partial charge in [-0.1, -0.05) is 11.3 Å². The zero-order valence-corrected chi connectivity index (χ0v) is 9.48. The lowest BCUT2D eigenvalue weighted by molar-refractivity contribution is 0.0701. The van der Waals surface area contributed by atoms with Gasteiger partial charge in [-0.05, 0) is 18.4 Å². The quantitative estimate of drug-likeness (QED) is 0.865. The van der Waals surface area contributed by atoms with Crippen molar-refractivity contribution in [3.05, 3.63) is 27.4 Å². The van der Waals surface area contributed by atoms with Crippen LogP contribution in [-0.2, 0) is 0 Å². The van der Waals surface area contributed by atoms with Gasteiger partial charge in [-0.3, -0.25) is 0 Å². The zero-order chi connectivity index (χ0) is 10.8. The average molecular weight is 240 g/mol. The van der Waals surface area contributed by atoms with Crippen molar-refractivity contribution in [3.63, 3.8) is 0 Å². The first-order chi connectivity index (χ1) is 7.16. The molecule has 6 heteroatoms. The first-order valence-electron chi connectivity index (χ1n) is 4.17. The third-order valence-electron chi connectivity index (χ3n) is 1.76. The molecule has 0 aliphatic carbocycles. The summed E-state index contributed by atoms with van der Waals surface area (Å²) < 4.78 is 0. The molecule has 15 heavy (non-hydrogen) atoms. The van der Waals surface area contributed by atoms with Crippen LogP contribution in [0.15, 0.2) is 16.8 Å². The van der Waals surface area contributed by atoms with Crippen molar-refractivity contribution in [1.29, 1.82) is 0 Å². The number of thiazole rings is 1. The molecule has 78 valence electrons. The van der Waals surface area contributed by atoms with E-state index in [1.165, 1.54) is 0 Å². The summed E-state index contributed by atoms with van der Waals surface area (Å²) in [6, 6.07) is 1.92. The van der Waals surface area contributed by atoms with Gasteiger partial charge < -0.3 is 10.4 Å². The van der Waals surface area contributed by atoms with Crippen LogP contribution in [-0.4, -0.2) is 16.1 Å². The summed E-state index contributed by atoms with van der Waals surface area (Å²) in [5, 5.41) is 16.4. The standard InChI is InChI=1S/C9H8N2O2S2/c1-5-7(8(12)13)15-9(10-5)11-6-2-3-14-4-6/h2-4H,1H3,(H,10,11)(H,12,13). The monoisotopic (exact) mass is 240 g/mol. The Morgan fingerprint density at radius 3 is 2.93 bits per heavy atom. The molecule has 0 spiro atoms. The Morgan fingerprint density at radius 2 is 2.40 bits per heavy atom. The molecule has 0 aliphatic heterocycles.